The molecule has 11 heteroatoms. The Morgan fingerprint density at radius 3 is 2.08 bits per heavy atom. The Kier molecular flexibility index (Phi) is 11.7. The van der Waals surface area contributed by atoms with Crippen LogP contribution >= 0.6 is 0 Å². The molecular weight excluding hydrogens is 501 g/mol. The third kappa shape index (κ3) is 10.2. The minimum atomic E-state index is -5.08. The first kappa shape index (κ1) is 30.3. The molecule has 38 heavy (non-hydrogen) atoms. The number of nitrogens with two attached hydrogens (primary N) is 2. The quantitative estimate of drug-likeness (QED) is 0.271. The lowest BCUT2D eigenvalue weighted by atomic mass is 10.0. The van der Waals surface area contributed by atoms with Gasteiger partial charge in [0.1, 0.15) is 6.04 Å². The van der Waals surface area contributed by atoms with Crippen molar-refractivity contribution >= 4 is 28.6 Å². The molecule has 3 aromatic carbocycles. The Morgan fingerprint density at radius 2 is 1.47 bits per heavy atom. The van der Waals surface area contributed by atoms with Gasteiger partial charge in [-0.25, -0.2) is 4.79 Å². The van der Waals surface area contributed by atoms with E-state index in [1.54, 1.807) is 0 Å². The van der Waals surface area contributed by atoms with Crippen molar-refractivity contribution in [1.29, 1.82) is 0 Å². The summed E-state index contributed by atoms with van der Waals surface area (Å²) < 4.78 is 31.7. The zero-order valence-electron chi connectivity index (χ0n) is 20.6. The van der Waals surface area contributed by atoms with Crippen LogP contribution in [0.3, 0.4) is 0 Å². The molecule has 0 aliphatic heterocycles. The highest BCUT2D eigenvalue weighted by molar-refractivity contribution is 5.90. The summed E-state index contributed by atoms with van der Waals surface area (Å²) >= 11 is 0. The molecule has 8 nitrogen and oxygen atoms in total. The van der Waals surface area contributed by atoms with E-state index in [4.69, 9.17) is 21.4 Å². The number of alkyl halides is 3. The number of carboxylic acids is 1. The smallest absolute Gasteiger partial charge is 0.475 e. The molecule has 3 rings (SSSR count). The number of aliphatic carboxylic acids is 1. The maximum absolute atomic E-state index is 13.0. The second-order valence-corrected chi connectivity index (χ2v) is 8.49. The number of rotatable bonds is 10. The molecule has 204 valence electrons. The first-order chi connectivity index (χ1) is 18.0. The van der Waals surface area contributed by atoms with Gasteiger partial charge in [-0.1, -0.05) is 72.8 Å². The van der Waals surface area contributed by atoms with Crippen LogP contribution in [0.25, 0.3) is 10.8 Å². The minimum Gasteiger partial charge on any atom is -0.475 e. The van der Waals surface area contributed by atoms with Gasteiger partial charge >= 0.3 is 12.1 Å². The van der Waals surface area contributed by atoms with Crippen molar-refractivity contribution in [3.63, 3.8) is 0 Å². The van der Waals surface area contributed by atoms with Crippen molar-refractivity contribution in [1.82, 2.24) is 10.6 Å². The van der Waals surface area contributed by atoms with E-state index in [-0.39, 0.29) is 11.8 Å². The van der Waals surface area contributed by atoms with E-state index < -0.39 is 24.2 Å². The summed E-state index contributed by atoms with van der Waals surface area (Å²) in [5, 5.41) is 15.1. The van der Waals surface area contributed by atoms with Crippen LogP contribution in [-0.2, 0) is 27.3 Å². The Hall–Kier alpha value is -3.96. The van der Waals surface area contributed by atoms with E-state index in [0.29, 0.717) is 32.4 Å². The number of halogens is 3. The van der Waals surface area contributed by atoms with E-state index in [1.165, 1.54) is 0 Å². The molecule has 0 saturated carbocycles. The van der Waals surface area contributed by atoms with E-state index in [2.05, 4.69) is 10.6 Å². The number of carbonyl (C=O) groups is 3. The van der Waals surface area contributed by atoms with E-state index in [9.17, 15) is 22.8 Å². The van der Waals surface area contributed by atoms with Gasteiger partial charge in [0.2, 0.25) is 11.8 Å². The lowest BCUT2D eigenvalue weighted by Crippen LogP contribution is -2.52. The van der Waals surface area contributed by atoms with Gasteiger partial charge in [0.05, 0.1) is 6.04 Å². The van der Waals surface area contributed by atoms with E-state index in [1.807, 2.05) is 72.8 Å². The maximum atomic E-state index is 13.0. The Balaban J connectivity index is 0.000000638. The summed E-state index contributed by atoms with van der Waals surface area (Å²) in [4.78, 5) is 34.4. The largest absolute Gasteiger partial charge is 0.490 e. The first-order valence-corrected chi connectivity index (χ1v) is 11.9. The minimum absolute atomic E-state index is 0.239. The molecular formula is C27H31F3N4O4. The van der Waals surface area contributed by atoms with Gasteiger partial charge in [-0.15, -0.1) is 0 Å². The predicted molar refractivity (Wildman–Crippen MR) is 138 cm³/mol. The number of benzene rings is 3. The summed E-state index contributed by atoms with van der Waals surface area (Å²) in [6.45, 7) is 0.863. The van der Waals surface area contributed by atoms with Crippen LogP contribution in [0, 0.1) is 0 Å². The van der Waals surface area contributed by atoms with Gasteiger partial charge in [-0.2, -0.15) is 13.2 Å². The zero-order chi connectivity index (χ0) is 28.1. The van der Waals surface area contributed by atoms with Crippen LogP contribution in [0.2, 0.25) is 0 Å². The molecule has 2 atom stereocenters. The summed E-state index contributed by atoms with van der Waals surface area (Å²) in [5.41, 5.74) is 13.5. The van der Waals surface area contributed by atoms with Crippen molar-refractivity contribution in [2.24, 2.45) is 11.5 Å². The average Bonchev–Trinajstić information content (AvgIpc) is 2.90. The average molecular weight is 533 g/mol. The third-order valence-electron chi connectivity index (χ3n) is 5.49. The van der Waals surface area contributed by atoms with Crippen molar-refractivity contribution in [2.45, 2.75) is 44.1 Å². The Labute approximate surface area is 218 Å². The predicted octanol–water partition coefficient (Wildman–Crippen LogP) is 2.88. The number of carbonyl (C=O) groups excluding carboxylic acids is 2. The number of amides is 2. The van der Waals surface area contributed by atoms with Gasteiger partial charge in [0.15, 0.2) is 0 Å². The molecule has 0 bridgehead atoms. The number of hydrogen-bond donors (Lipinski definition) is 5. The van der Waals surface area contributed by atoms with Gasteiger partial charge in [-0.3, -0.25) is 9.59 Å². The van der Waals surface area contributed by atoms with E-state index >= 15 is 0 Å². The Morgan fingerprint density at radius 1 is 0.868 bits per heavy atom. The van der Waals surface area contributed by atoms with Crippen LogP contribution in [0.5, 0.6) is 0 Å². The van der Waals surface area contributed by atoms with E-state index in [0.717, 1.165) is 21.9 Å². The lowest BCUT2D eigenvalue weighted by molar-refractivity contribution is -0.192. The van der Waals surface area contributed by atoms with Crippen LogP contribution in [0.15, 0.2) is 72.8 Å². The highest BCUT2D eigenvalue weighted by Crippen LogP contribution is 2.17. The van der Waals surface area contributed by atoms with Crippen molar-refractivity contribution in [3.8, 4) is 0 Å². The monoisotopic (exact) mass is 532 g/mol. The molecule has 0 aromatic heterocycles. The molecule has 0 radical (unpaired) electrons. The molecule has 0 saturated heterocycles. The molecule has 3 aromatic rings. The first-order valence-electron chi connectivity index (χ1n) is 11.9. The second-order valence-electron chi connectivity index (χ2n) is 8.49. The van der Waals surface area contributed by atoms with Gasteiger partial charge in [0, 0.05) is 13.0 Å². The van der Waals surface area contributed by atoms with Crippen molar-refractivity contribution < 1.29 is 32.7 Å². The topological polar surface area (TPSA) is 148 Å². The standard InChI is InChI=1S/C25H30N4O2.C2HF3O2/c26-14-6-11-22(27)24(30)29-23(25(31)28-17-18-7-2-1-3-8-18)16-19-12-13-20-9-4-5-10-21(20)15-19;3-2(4,5)1(6)7/h1-5,7-10,12-13,15,22-23H,6,11,14,16-17,26-27H2,(H,28,31)(H,29,30);(H,6,7)/t22-,23-;/m1./s1. The van der Waals surface area contributed by atoms with Crippen LogP contribution in [0.1, 0.15) is 24.0 Å². The summed E-state index contributed by atoms with van der Waals surface area (Å²) in [5.74, 6) is -3.34. The molecule has 2 amide bonds. The molecule has 7 N–H and O–H groups in total. The molecule has 0 unspecified atom stereocenters. The number of fused-ring (bicyclic) bond motifs is 1. The molecule has 0 aliphatic rings. The fourth-order valence-corrected chi connectivity index (χ4v) is 3.47. The van der Waals surface area contributed by atoms with Gasteiger partial charge in [-0.05, 0) is 41.3 Å². The summed E-state index contributed by atoms with van der Waals surface area (Å²) in [6.07, 6.45) is -3.57. The highest BCUT2D eigenvalue weighted by atomic mass is 19.4. The SMILES string of the molecule is NCCC[C@@H](N)C(=O)N[C@H](Cc1ccc2ccccc2c1)C(=O)NCc1ccccc1.O=C(O)C(F)(F)F. The molecule has 0 spiro atoms. The molecule has 0 heterocycles. The van der Waals surface area contributed by atoms with Gasteiger partial charge in [0.25, 0.3) is 0 Å². The third-order valence-corrected chi connectivity index (χ3v) is 5.49. The normalized spacial score (nSPS) is 12.6. The fourth-order valence-electron chi connectivity index (χ4n) is 3.47. The van der Waals surface area contributed by atoms with Crippen LogP contribution in [-0.4, -0.2) is 47.7 Å². The second kappa shape index (κ2) is 14.7. The molecule has 0 fully saturated rings. The number of nitrogens with one attached hydrogen (secondary N) is 2. The van der Waals surface area contributed by atoms with Crippen LogP contribution < -0.4 is 22.1 Å². The van der Waals surface area contributed by atoms with Crippen molar-refractivity contribution in [3.05, 3.63) is 83.9 Å². The molecule has 0 aliphatic carbocycles. The number of carboxylic acid groups (broad SMARTS) is 1. The van der Waals surface area contributed by atoms with Crippen molar-refractivity contribution in [2.75, 3.05) is 6.54 Å². The fraction of sp³-hybridized carbons (Fsp3) is 0.296. The summed E-state index contributed by atoms with van der Waals surface area (Å²) in [7, 11) is 0. The Bertz CT molecular complexity index is 1210. The highest BCUT2D eigenvalue weighted by Gasteiger charge is 2.38. The zero-order valence-corrected chi connectivity index (χ0v) is 20.6. The summed E-state index contributed by atoms with van der Waals surface area (Å²) in [6, 6.07) is 22.4. The number of hydrogen-bond acceptors (Lipinski definition) is 5. The maximum Gasteiger partial charge on any atom is 0.490 e. The lowest BCUT2D eigenvalue weighted by Gasteiger charge is -2.21. The van der Waals surface area contributed by atoms with Crippen LogP contribution in [0.4, 0.5) is 13.2 Å². The van der Waals surface area contributed by atoms with Gasteiger partial charge < -0.3 is 27.2 Å².